The lowest BCUT2D eigenvalue weighted by molar-refractivity contribution is 0.0601. The van der Waals surface area contributed by atoms with Gasteiger partial charge in [0.2, 0.25) is 0 Å². The molecule has 0 bridgehead atoms. The SMILES string of the molecule is COC(=O)c1cccc(NC(=S)NCCCN(C)c2ccccc2)c1. The predicted octanol–water partition coefficient (Wildman–Crippen LogP) is 3.29. The Morgan fingerprint density at radius 1 is 1.16 bits per heavy atom. The van der Waals surface area contributed by atoms with E-state index in [1.165, 1.54) is 12.8 Å². The summed E-state index contributed by atoms with van der Waals surface area (Å²) in [6, 6.07) is 17.3. The van der Waals surface area contributed by atoms with Gasteiger partial charge in [-0.3, -0.25) is 0 Å². The third-order valence-electron chi connectivity index (χ3n) is 3.69. The van der Waals surface area contributed by atoms with Crippen molar-refractivity contribution in [3.63, 3.8) is 0 Å². The van der Waals surface area contributed by atoms with Crippen LogP contribution in [-0.4, -0.2) is 38.3 Å². The fourth-order valence-corrected chi connectivity index (χ4v) is 2.57. The van der Waals surface area contributed by atoms with Gasteiger partial charge in [0.05, 0.1) is 12.7 Å². The molecule has 2 N–H and O–H groups in total. The van der Waals surface area contributed by atoms with Gasteiger partial charge in [-0.25, -0.2) is 4.79 Å². The summed E-state index contributed by atoms with van der Waals surface area (Å²) < 4.78 is 4.71. The molecule has 0 aliphatic heterocycles. The number of esters is 1. The lowest BCUT2D eigenvalue weighted by Crippen LogP contribution is -2.31. The summed E-state index contributed by atoms with van der Waals surface area (Å²) in [6.45, 7) is 1.69. The highest BCUT2D eigenvalue weighted by Gasteiger charge is 2.06. The lowest BCUT2D eigenvalue weighted by atomic mass is 10.2. The predicted molar refractivity (Wildman–Crippen MR) is 106 cm³/mol. The third kappa shape index (κ3) is 6.08. The number of anilines is 2. The quantitative estimate of drug-likeness (QED) is 0.451. The number of methoxy groups -OCH3 is 1. The van der Waals surface area contributed by atoms with Crippen LogP contribution in [0.2, 0.25) is 0 Å². The summed E-state index contributed by atoms with van der Waals surface area (Å²) in [6.07, 6.45) is 0.954. The molecule has 0 saturated carbocycles. The van der Waals surface area contributed by atoms with Gasteiger partial charge in [0.1, 0.15) is 0 Å². The molecule has 0 aliphatic rings. The summed E-state index contributed by atoms with van der Waals surface area (Å²) in [4.78, 5) is 13.7. The molecule has 132 valence electrons. The van der Waals surface area contributed by atoms with Crippen LogP contribution in [0.4, 0.5) is 11.4 Å². The van der Waals surface area contributed by atoms with E-state index in [1.54, 1.807) is 18.2 Å². The molecule has 0 saturated heterocycles. The number of thiocarbonyl (C=S) groups is 1. The Bertz CT molecular complexity index is 707. The highest BCUT2D eigenvalue weighted by molar-refractivity contribution is 7.80. The van der Waals surface area contributed by atoms with E-state index in [1.807, 2.05) is 24.3 Å². The number of para-hydroxylation sites is 1. The first kappa shape index (κ1) is 18.7. The van der Waals surface area contributed by atoms with Crippen LogP contribution in [0.15, 0.2) is 54.6 Å². The first-order chi connectivity index (χ1) is 12.1. The topological polar surface area (TPSA) is 53.6 Å². The van der Waals surface area contributed by atoms with Gasteiger partial charge in [-0.1, -0.05) is 24.3 Å². The van der Waals surface area contributed by atoms with E-state index in [9.17, 15) is 4.79 Å². The fourth-order valence-electron chi connectivity index (χ4n) is 2.35. The molecule has 6 heteroatoms. The van der Waals surface area contributed by atoms with Crippen molar-refractivity contribution in [1.29, 1.82) is 0 Å². The minimum absolute atomic E-state index is 0.369. The van der Waals surface area contributed by atoms with Crippen LogP contribution >= 0.6 is 12.2 Å². The number of hydrogen-bond acceptors (Lipinski definition) is 4. The minimum Gasteiger partial charge on any atom is -0.465 e. The van der Waals surface area contributed by atoms with Gasteiger partial charge in [-0.05, 0) is 49.0 Å². The summed E-state index contributed by atoms with van der Waals surface area (Å²) in [5.74, 6) is -0.369. The summed E-state index contributed by atoms with van der Waals surface area (Å²) in [5.41, 5.74) is 2.43. The molecule has 0 aliphatic carbocycles. The second-order valence-corrected chi connectivity index (χ2v) is 5.97. The molecule has 0 spiro atoms. The average Bonchev–Trinajstić information content (AvgIpc) is 2.65. The molecule has 0 amide bonds. The van der Waals surface area contributed by atoms with Crippen molar-refractivity contribution in [3.8, 4) is 0 Å². The van der Waals surface area contributed by atoms with E-state index in [4.69, 9.17) is 17.0 Å². The first-order valence-electron chi connectivity index (χ1n) is 8.09. The number of benzene rings is 2. The molecule has 5 nitrogen and oxygen atoms in total. The number of carbonyl (C=O) groups is 1. The summed E-state index contributed by atoms with van der Waals surface area (Å²) in [7, 11) is 3.44. The normalized spacial score (nSPS) is 10.0. The van der Waals surface area contributed by atoms with Crippen molar-refractivity contribution in [2.24, 2.45) is 0 Å². The van der Waals surface area contributed by atoms with Gasteiger partial charge in [0.15, 0.2) is 5.11 Å². The Morgan fingerprint density at radius 2 is 1.92 bits per heavy atom. The molecule has 0 atom stereocenters. The van der Waals surface area contributed by atoms with Crippen molar-refractivity contribution in [3.05, 3.63) is 60.2 Å². The molecule has 0 heterocycles. The van der Waals surface area contributed by atoms with Crippen molar-refractivity contribution in [2.75, 3.05) is 37.5 Å². The van der Waals surface area contributed by atoms with Crippen LogP contribution in [0, 0.1) is 0 Å². The standard InChI is InChI=1S/C19H23N3O2S/c1-22(17-10-4-3-5-11-17)13-7-12-20-19(25)21-16-9-6-8-15(14-16)18(23)24-2/h3-6,8-11,14H,7,12-13H2,1-2H3,(H2,20,21,25). The van der Waals surface area contributed by atoms with Crippen molar-refractivity contribution >= 4 is 34.7 Å². The Labute approximate surface area is 154 Å². The molecular formula is C19H23N3O2S. The van der Waals surface area contributed by atoms with Crippen LogP contribution in [0.1, 0.15) is 16.8 Å². The maximum atomic E-state index is 11.5. The maximum absolute atomic E-state index is 11.5. The van der Waals surface area contributed by atoms with E-state index in [0.29, 0.717) is 10.7 Å². The molecular weight excluding hydrogens is 334 g/mol. The van der Waals surface area contributed by atoms with Crippen LogP contribution in [0.5, 0.6) is 0 Å². The Kier molecular flexibility index (Phi) is 7.22. The van der Waals surface area contributed by atoms with Gasteiger partial charge < -0.3 is 20.3 Å². The zero-order valence-corrected chi connectivity index (χ0v) is 15.3. The van der Waals surface area contributed by atoms with Crippen LogP contribution < -0.4 is 15.5 Å². The Hall–Kier alpha value is -2.60. The number of rotatable bonds is 7. The van der Waals surface area contributed by atoms with Gasteiger partial charge in [-0.15, -0.1) is 0 Å². The number of carbonyl (C=O) groups excluding carboxylic acids is 1. The van der Waals surface area contributed by atoms with Gasteiger partial charge in [0.25, 0.3) is 0 Å². The molecule has 0 unspecified atom stereocenters. The van der Waals surface area contributed by atoms with Crippen molar-refractivity contribution in [1.82, 2.24) is 5.32 Å². The maximum Gasteiger partial charge on any atom is 0.337 e. The monoisotopic (exact) mass is 357 g/mol. The zero-order valence-electron chi connectivity index (χ0n) is 14.5. The number of ether oxygens (including phenoxy) is 1. The van der Waals surface area contributed by atoms with Gasteiger partial charge in [-0.2, -0.15) is 0 Å². The zero-order chi connectivity index (χ0) is 18.1. The van der Waals surface area contributed by atoms with E-state index in [-0.39, 0.29) is 5.97 Å². The Balaban J connectivity index is 1.73. The minimum atomic E-state index is -0.369. The van der Waals surface area contributed by atoms with Crippen molar-refractivity contribution < 1.29 is 9.53 Å². The largest absolute Gasteiger partial charge is 0.465 e. The smallest absolute Gasteiger partial charge is 0.337 e. The molecule has 2 rings (SSSR count). The summed E-state index contributed by atoms with van der Waals surface area (Å²) in [5, 5.41) is 6.79. The lowest BCUT2D eigenvalue weighted by Gasteiger charge is -2.19. The second-order valence-electron chi connectivity index (χ2n) is 5.56. The van der Waals surface area contributed by atoms with Crippen LogP contribution in [0.3, 0.4) is 0 Å². The molecule has 0 radical (unpaired) electrons. The van der Waals surface area contributed by atoms with E-state index < -0.39 is 0 Å². The second kappa shape index (κ2) is 9.64. The Morgan fingerprint density at radius 3 is 2.64 bits per heavy atom. The first-order valence-corrected chi connectivity index (χ1v) is 8.50. The van der Waals surface area contributed by atoms with Crippen LogP contribution in [-0.2, 0) is 4.74 Å². The third-order valence-corrected chi connectivity index (χ3v) is 3.94. The van der Waals surface area contributed by atoms with Crippen LogP contribution in [0.25, 0.3) is 0 Å². The number of nitrogens with one attached hydrogen (secondary N) is 2. The van der Waals surface area contributed by atoms with E-state index in [2.05, 4.69) is 34.7 Å². The van der Waals surface area contributed by atoms with Gasteiger partial charge in [0, 0.05) is 31.5 Å². The molecule has 25 heavy (non-hydrogen) atoms. The summed E-state index contributed by atoms with van der Waals surface area (Å²) >= 11 is 5.29. The molecule has 0 aromatic heterocycles. The molecule has 2 aromatic carbocycles. The number of hydrogen-bond donors (Lipinski definition) is 2. The average molecular weight is 357 g/mol. The molecule has 2 aromatic rings. The highest BCUT2D eigenvalue weighted by Crippen LogP contribution is 2.12. The highest BCUT2D eigenvalue weighted by atomic mass is 32.1. The van der Waals surface area contributed by atoms with Crippen molar-refractivity contribution in [2.45, 2.75) is 6.42 Å². The van der Waals surface area contributed by atoms with E-state index in [0.717, 1.165) is 25.2 Å². The van der Waals surface area contributed by atoms with E-state index >= 15 is 0 Å². The fraction of sp³-hybridized carbons (Fsp3) is 0.263. The van der Waals surface area contributed by atoms with Gasteiger partial charge >= 0.3 is 5.97 Å². The molecule has 0 fully saturated rings. The number of nitrogens with zero attached hydrogens (tertiary/aromatic N) is 1.